The number of nitrogens with one attached hydrogen (secondary N) is 1. The molecule has 1 aromatic carbocycles. The summed E-state index contributed by atoms with van der Waals surface area (Å²) in [7, 11) is 0. The lowest BCUT2D eigenvalue weighted by atomic mass is 9.84. The van der Waals surface area contributed by atoms with Crippen molar-refractivity contribution < 1.29 is 9.21 Å². The molecule has 1 aliphatic carbocycles. The molecule has 5 nitrogen and oxygen atoms in total. The van der Waals surface area contributed by atoms with E-state index in [-0.39, 0.29) is 36.8 Å². The van der Waals surface area contributed by atoms with Crippen LogP contribution in [-0.4, -0.2) is 23.5 Å². The van der Waals surface area contributed by atoms with Gasteiger partial charge in [0.15, 0.2) is 11.7 Å². The van der Waals surface area contributed by atoms with Crippen LogP contribution >= 0.6 is 24.8 Å². The average molecular weight is 400 g/mol. The molecule has 1 aromatic heterocycles. The monoisotopic (exact) mass is 399 g/mol. The van der Waals surface area contributed by atoms with E-state index in [2.05, 4.69) is 10.3 Å². The standard InChI is InChI=1S/C19H25N3O2.2ClH/c20-12-15-8-4-5-9-16(15)22-18(23)10-11-19-21-13-17(24-19)14-6-2-1-3-7-14;;/h1-3,6-7,13,15-16H,4-5,8-12,20H2,(H,22,23);2*1H. The van der Waals surface area contributed by atoms with E-state index in [1.165, 1.54) is 12.8 Å². The molecule has 2 atom stereocenters. The Labute approximate surface area is 167 Å². The Morgan fingerprint density at radius 1 is 1.19 bits per heavy atom. The summed E-state index contributed by atoms with van der Waals surface area (Å²) in [6.07, 6.45) is 7.15. The number of nitrogens with two attached hydrogens (primary N) is 1. The summed E-state index contributed by atoms with van der Waals surface area (Å²) in [5, 5.41) is 3.14. The molecular weight excluding hydrogens is 373 g/mol. The summed E-state index contributed by atoms with van der Waals surface area (Å²) in [5.74, 6) is 1.80. The van der Waals surface area contributed by atoms with Crippen molar-refractivity contribution in [3.63, 3.8) is 0 Å². The van der Waals surface area contributed by atoms with Gasteiger partial charge in [0, 0.05) is 24.4 Å². The smallest absolute Gasteiger partial charge is 0.220 e. The van der Waals surface area contributed by atoms with Crippen LogP contribution in [0.3, 0.4) is 0 Å². The number of benzene rings is 1. The number of hydrogen-bond acceptors (Lipinski definition) is 4. The van der Waals surface area contributed by atoms with Gasteiger partial charge in [-0.15, -0.1) is 24.8 Å². The maximum Gasteiger partial charge on any atom is 0.220 e. The maximum atomic E-state index is 12.2. The number of hydrogen-bond donors (Lipinski definition) is 2. The van der Waals surface area contributed by atoms with Crippen molar-refractivity contribution >= 4 is 30.7 Å². The van der Waals surface area contributed by atoms with Crippen molar-refractivity contribution in [2.24, 2.45) is 11.7 Å². The lowest BCUT2D eigenvalue weighted by Crippen LogP contribution is -2.44. The average Bonchev–Trinajstić information content (AvgIpc) is 3.10. The third kappa shape index (κ3) is 6.01. The molecule has 1 aliphatic rings. The minimum Gasteiger partial charge on any atom is -0.441 e. The number of nitrogens with zero attached hydrogens (tertiary/aromatic N) is 1. The highest BCUT2D eigenvalue weighted by Crippen LogP contribution is 2.24. The first-order chi connectivity index (χ1) is 11.8. The van der Waals surface area contributed by atoms with Gasteiger partial charge in [-0.3, -0.25) is 4.79 Å². The molecule has 26 heavy (non-hydrogen) atoms. The van der Waals surface area contributed by atoms with Crippen LogP contribution in [0.25, 0.3) is 11.3 Å². The second kappa shape index (κ2) is 11.2. The summed E-state index contributed by atoms with van der Waals surface area (Å²) in [6.45, 7) is 0.644. The molecule has 1 heterocycles. The highest BCUT2D eigenvalue weighted by Gasteiger charge is 2.25. The van der Waals surface area contributed by atoms with E-state index >= 15 is 0 Å². The van der Waals surface area contributed by atoms with Gasteiger partial charge in [-0.2, -0.15) is 0 Å². The minimum atomic E-state index is 0. The summed E-state index contributed by atoms with van der Waals surface area (Å²) < 4.78 is 5.74. The van der Waals surface area contributed by atoms with Gasteiger partial charge in [0.2, 0.25) is 5.91 Å². The molecule has 0 spiro atoms. The van der Waals surface area contributed by atoms with Gasteiger partial charge in [-0.1, -0.05) is 43.2 Å². The maximum absolute atomic E-state index is 12.2. The zero-order valence-electron chi connectivity index (χ0n) is 14.7. The number of halogens is 2. The van der Waals surface area contributed by atoms with Crippen molar-refractivity contribution in [1.29, 1.82) is 0 Å². The number of carbonyl (C=O) groups is 1. The fourth-order valence-corrected chi connectivity index (χ4v) is 3.34. The number of oxazole rings is 1. The molecule has 3 rings (SSSR count). The van der Waals surface area contributed by atoms with Gasteiger partial charge in [0.1, 0.15) is 0 Å². The summed E-state index contributed by atoms with van der Waals surface area (Å²) >= 11 is 0. The Kier molecular flexibility index (Phi) is 9.70. The van der Waals surface area contributed by atoms with Crippen LogP contribution in [-0.2, 0) is 11.2 Å². The van der Waals surface area contributed by atoms with Gasteiger partial charge in [0.05, 0.1) is 6.20 Å². The van der Waals surface area contributed by atoms with Crippen LogP contribution in [0, 0.1) is 5.92 Å². The Hall–Kier alpha value is -1.56. The predicted octanol–water partition coefficient (Wildman–Crippen LogP) is 3.75. The van der Waals surface area contributed by atoms with E-state index in [9.17, 15) is 4.79 Å². The molecular formula is C19H27Cl2N3O2. The Morgan fingerprint density at radius 3 is 2.65 bits per heavy atom. The molecule has 1 fully saturated rings. The lowest BCUT2D eigenvalue weighted by molar-refractivity contribution is -0.122. The quantitative estimate of drug-likeness (QED) is 0.774. The summed E-state index contributed by atoms with van der Waals surface area (Å²) in [5.41, 5.74) is 6.81. The lowest BCUT2D eigenvalue weighted by Gasteiger charge is -2.31. The van der Waals surface area contributed by atoms with E-state index in [1.807, 2.05) is 30.3 Å². The van der Waals surface area contributed by atoms with Crippen molar-refractivity contribution in [3.8, 4) is 11.3 Å². The normalized spacial score (nSPS) is 19.1. The molecule has 144 valence electrons. The number of carbonyl (C=O) groups excluding carboxylic acids is 1. The van der Waals surface area contributed by atoms with Gasteiger partial charge in [0.25, 0.3) is 0 Å². The first-order valence-corrected chi connectivity index (χ1v) is 8.76. The zero-order chi connectivity index (χ0) is 16.8. The first kappa shape index (κ1) is 22.5. The minimum absolute atomic E-state index is 0. The van der Waals surface area contributed by atoms with Crippen molar-refractivity contribution in [1.82, 2.24) is 10.3 Å². The third-order valence-corrected chi connectivity index (χ3v) is 4.74. The third-order valence-electron chi connectivity index (χ3n) is 4.74. The van der Waals surface area contributed by atoms with Crippen molar-refractivity contribution in [3.05, 3.63) is 42.4 Å². The van der Waals surface area contributed by atoms with Crippen LogP contribution in [0.15, 0.2) is 40.9 Å². The highest BCUT2D eigenvalue weighted by atomic mass is 35.5. The van der Waals surface area contributed by atoms with Crippen LogP contribution in [0.1, 0.15) is 38.0 Å². The molecule has 3 N–H and O–H groups in total. The summed E-state index contributed by atoms with van der Waals surface area (Å²) in [4.78, 5) is 16.5. The topological polar surface area (TPSA) is 81.1 Å². The Bertz CT molecular complexity index is 664. The second-order valence-corrected chi connectivity index (χ2v) is 6.44. The van der Waals surface area contributed by atoms with E-state index in [0.717, 1.165) is 24.2 Å². The molecule has 2 aromatic rings. The predicted molar refractivity (Wildman–Crippen MR) is 108 cm³/mol. The SMILES string of the molecule is Cl.Cl.NCC1CCCCC1NC(=O)CCc1ncc(-c2ccccc2)o1. The number of aromatic nitrogens is 1. The van der Waals surface area contributed by atoms with Gasteiger partial charge >= 0.3 is 0 Å². The van der Waals surface area contributed by atoms with Gasteiger partial charge < -0.3 is 15.5 Å². The molecule has 0 saturated heterocycles. The van der Waals surface area contributed by atoms with Crippen molar-refractivity contribution in [2.45, 2.75) is 44.6 Å². The van der Waals surface area contributed by atoms with Gasteiger partial charge in [-0.05, 0) is 25.3 Å². The fraction of sp³-hybridized carbons (Fsp3) is 0.474. The van der Waals surface area contributed by atoms with Crippen LogP contribution in [0.5, 0.6) is 0 Å². The Morgan fingerprint density at radius 2 is 1.92 bits per heavy atom. The Balaban J connectivity index is 0.00000169. The molecule has 0 aliphatic heterocycles. The largest absolute Gasteiger partial charge is 0.441 e. The molecule has 0 radical (unpaired) electrons. The van der Waals surface area contributed by atoms with Crippen LogP contribution < -0.4 is 11.1 Å². The van der Waals surface area contributed by atoms with Crippen LogP contribution in [0.2, 0.25) is 0 Å². The van der Waals surface area contributed by atoms with E-state index in [4.69, 9.17) is 10.2 Å². The molecule has 1 amide bonds. The number of rotatable bonds is 6. The molecule has 7 heteroatoms. The molecule has 2 unspecified atom stereocenters. The van der Waals surface area contributed by atoms with E-state index in [0.29, 0.717) is 31.2 Å². The van der Waals surface area contributed by atoms with Crippen molar-refractivity contribution in [2.75, 3.05) is 6.54 Å². The molecule has 0 bridgehead atoms. The zero-order valence-corrected chi connectivity index (χ0v) is 16.4. The summed E-state index contributed by atoms with van der Waals surface area (Å²) in [6, 6.07) is 10.1. The first-order valence-electron chi connectivity index (χ1n) is 8.76. The van der Waals surface area contributed by atoms with Gasteiger partial charge in [-0.25, -0.2) is 4.98 Å². The number of amides is 1. The van der Waals surface area contributed by atoms with E-state index in [1.54, 1.807) is 6.20 Å². The van der Waals surface area contributed by atoms with Crippen LogP contribution in [0.4, 0.5) is 0 Å². The van der Waals surface area contributed by atoms with E-state index < -0.39 is 0 Å². The highest BCUT2D eigenvalue weighted by molar-refractivity contribution is 5.85. The number of aryl methyl sites for hydroxylation is 1. The fourth-order valence-electron chi connectivity index (χ4n) is 3.34. The second-order valence-electron chi connectivity index (χ2n) is 6.44. The molecule has 1 saturated carbocycles.